The van der Waals surface area contributed by atoms with Crippen LogP contribution in [0.15, 0.2) is 17.8 Å². The van der Waals surface area contributed by atoms with Gasteiger partial charge >= 0.3 is 5.97 Å². The lowest BCUT2D eigenvalue weighted by atomic mass is 10.2. The van der Waals surface area contributed by atoms with Gasteiger partial charge in [0, 0.05) is 23.2 Å². The Morgan fingerprint density at radius 2 is 2.32 bits per heavy atom. The molecule has 1 unspecified atom stereocenters. The van der Waals surface area contributed by atoms with Crippen LogP contribution in [0.3, 0.4) is 0 Å². The number of nitrogens with zero attached hydrogens (tertiary/aromatic N) is 1. The predicted molar refractivity (Wildman–Crippen MR) is 78.3 cm³/mol. The van der Waals surface area contributed by atoms with Gasteiger partial charge in [-0.1, -0.05) is 19.9 Å². The summed E-state index contributed by atoms with van der Waals surface area (Å²) in [5.74, 6) is -0.250. The van der Waals surface area contributed by atoms with Crippen LogP contribution in [0.4, 0.5) is 0 Å². The molecule has 1 aromatic rings. The summed E-state index contributed by atoms with van der Waals surface area (Å²) in [6, 6.07) is 0.192. The van der Waals surface area contributed by atoms with Gasteiger partial charge in [-0.05, 0) is 19.8 Å². The fourth-order valence-corrected chi connectivity index (χ4v) is 2.52. The molecule has 106 valence electrons. The van der Waals surface area contributed by atoms with Crippen molar-refractivity contribution in [3.63, 3.8) is 0 Å². The van der Waals surface area contributed by atoms with E-state index in [0.717, 1.165) is 11.4 Å². The topological polar surface area (TPSA) is 51.2 Å². The Morgan fingerprint density at radius 3 is 2.84 bits per heavy atom. The van der Waals surface area contributed by atoms with E-state index in [4.69, 9.17) is 4.74 Å². The first kappa shape index (κ1) is 15.9. The number of aromatic nitrogens is 1. The number of nitrogens with one attached hydrogen (secondary N) is 1. The van der Waals surface area contributed by atoms with E-state index in [9.17, 15) is 4.79 Å². The van der Waals surface area contributed by atoms with Gasteiger partial charge in [-0.15, -0.1) is 11.3 Å². The average molecular weight is 282 g/mol. The van der Waals surface area contributed by atoms with Crippen molar-refractivity contribution in [2.24, 2.45) is 0 Å². The minimum absolute atomic E-state index is 0.192. The van der Waals surface area contributed by atoms with Crippen molar-refractivity contribution < 1.29 is 9.53 Å². The molecule has 0 aromatic carbocycles. The van der Waals surface area contributed by atoms with Crippen LogP contribution in [0, 0.1) is 0 Å². The summed E-state index contributed by atoms with van der Waals surface area (Å²) in [5.41, 5.74) is 0.704. The Morgan fingerprint density at radius 1 is 1.58 bits per heavy atom. The largest absolute Gasteiger partial charge is 0.466 e. The van der Waals surface area contributed by atoms with Crippen molar-refractivity contribution in [3.8, 4) is 0 Å². The van der Waals surface area contributed by atoms with Crippen molar-refractivity contribution in [1.82, 2.24) is 10.3 Å². The first-order valence-electron chi connectivity index (χ1n) is 6.57. The number of carbonyl (C=O) groups is 1. The van der Waals surface area contributed by atoms with Crippen molar-refractivity contribution >= 4 is 17.3 Å². The molecule has 5 heteroatoms. The molecule has 0 radical (unpaired) electrons. The molecule has 0 amide bonds. The number of methoxy groups -OCH3 is 1. The van der Waals surface area contributed by atoms with Gasteiger partial charge in [0.2, 0.25) is 0 Å². The molecule has 0 aliphatic rings. The Kier molecular flexibility index (Phi) is 6.73. The first-order chi connectivity index (χ1) is 9.12. The number of carbonyl (C=O) groups excluding carboxylic acids is 1. The summed E-state index contributed by atoms with van der Waals surface area (Å²) >= 11 is 1.73. The summed E-state index contributed by atoms with van der Waals surface area (Å²) in [6.45, 7) is 6.79. The number of esters is 1. The standard InChI is InChI=1S/C14H22N2O2S/c1-5-11(14(17)18-4)7-8-15-10(3)13-16-9-12(6-2)19-13/h7,9-10,15H,5-6,8H2,1-4H3/b11-7-. The molecule has 1 aromatic heterocycles. The summed E-state index contributed by atoms with van der Waals surface area (Å²) in [7, 11) is 1.41. The summed E-state index contributed by atoms with van der Waals surface area (Å²) < 4.78 is 4.72. The van der Waals surface area contributed by atoms with Crippen molar-refractivity contribution in [2.75, 3.05) is 13.7 Å². The Labute approximate surface area is 118 Å². The zero-order chi connectivity index (χ0) is 14.3. The maximum atomic E-state index is 11.4. The maximum Gasteiger partial charge on any atom is 0.333 e. The monoisotopic (exact) mass is 282 g/mol. The highest BCUT2D eigenvalue weighted by atomic mass is 32.1. The second kappa shape index (κ2) is 8.07. The predicted octanol–water partition coefficient (Wildman–Crippen LogP) is 2.87. The molecular formula is C14H22N2O2S. The molecule has 0 fully saturated rings. The van der Waals surface area contributed by atoms with E-state index in [-0.39, 0.29) is 12.0 Å². The molecule has 0 aliphatic heterocycles. The van der Waals surface area contributed by atoms with Crippen LogP contribution < -0.4 is 5.32 Å². The quantitative estimate of drug-likeness (QED) is 0.617. The van der Waals surface area contributed by atoms with Crippen LogP contribution >= 0.6 is 11.3 Å². The van der Waals surface area contributed by atoms with E-state index >= 15 is 0 Å². The number of hydrogen-bond acceptors (Lipinski definition) is 5. The van der Waals surface area contributed by atoms with Crippen LogP contribution in [0.2, 0.25) is 0 Å². The molecule has 0 spiro atoms. The highest BCUT2D eigenvalue weighted by Gasteiger charge is 2.10. The van der Waals surface area contributed by atoms with Crippen molar-refractivity contribution in [1.29, 1.82) is 0 Å². The number of hydrogen-bond donors (Lipinski definition) is 1. The summed E-state index contributed by atoms with van der Waals surface area (Å²) in [6.07, 6.45) is 5.52. The van der Waals surface area contributed by atoms with E-state index in [1.807, 2.05) is 19.2 Å². The zero-order valence-corrected chi connectivity index (χ0v) is 12.8. The van der Waals surface area contributed by atoms with Gasteiger partial charge in [0.05, 0.1) is 13.2 Å². The van der Waals surface area contributed by atoms with E-state index in [2.05, 4.69) is 24.1 Å². The van der Waals surface area contributed by atoms with E-state index < -0.39 is 0 Å². The van der Waals surface area contributed by atoms with Gasteiger partial charge in [0.1, 0.15) is 5.01 Å². The number of ether oxygens (including phenoxy) is 1. The lowest BCUT2D eigenvalue weighted by Crippen LogP contribution is -2.19. The SMILES string of the molecule is CC/C(=C/CNC(C)c1ncc(CC)s1)C(=O)OC. The highest BCUT2D eigenvalue weighted by molar-refractivity contribution is 7.11. The van der Waals surface area contributed by atoms with Gasteiger partial charge in [-0.2, -0.15) is 0 Å². The highest BCUT2D eigenvalue weighted by Crippen LogP contribution is 2.20. The molecular weight excluding hydrogens is 260 g/mol. The Hall–Kier alpha value is -1.20. The lowest BCUT2D eigenvalue weighted by molar-refractivity contribution is -0.136. The summed E-state index contributed by atoms with van der Waals surface area (Å²) in [4.78, 5) is 17.1. The Bertz CT molecular complexity index is 440. The molecule has 0 saturated heterocycles. The number of rotatable bonds is 7. The van der Waals surface area contributed by atoms with E-state index in [1.165, 1.54) is 12.0 Å². The second-order valence-corrected chi connectivity index (χ2v) is 5.37. The van der Waals surface area contributed by atoms with Crippen LogP contribution in [-0.4, -0.2) is 24.6 Å². The first-order valence-corrected chi connectivity index (χ1v) is 7.39. The van der Waals surface area contributed by atoms with Gasteiger partial charge in [-0.25, -0.2) is 9.78 Å². The minimum Gasteiger partial charge on any atom is -0.466 e. The molecule has 1 heterocycles. The summed E-state index contributed by atoms with van der Waals surface area (Å²) in [5, 5.41) is 4.43. The van der Waals surface area contributed by atoms with Gasteiger partial charge in [-0.3, -0.25) is 0 Å². The molecule has 1 rings (SSSR count). The lowest BCUT2D eigenvalue weighted by Gasteiger charge is -2.09. The smallest absolute Gasteiger partial charge is 0.333 e. The average Bonchev–Trinajstić information content (AvgIpc) is 2.91. The third kappa shape index (κ3) is 4.76. The molecule has 19 heavy (non-hydrogen) atoms. The Balaban J connectivity index is 2.51. The maximum absolute atomic E-state index is 11.4. The molecule has 1 N–H and O–H groups in total. The normalized spacial score (nSPS) is 13.4. The number of aryl methyl sites for hydroxylation is 1. The third-order valence-corrected chi connectivity index (χ3v) is 4.22. The van der Waals surface area contributed by atoms with E-state index in [1.54, 1.807) is 11.3 Å². The molecule has 0 aliphatic carbocycles. The third-order valence-electron chi connectivity index (χ3n) is 2.89. The number of thiazole rings is 1. The van der Waals surface area contributed by atoms with Crippen LogP contribution in [0.5, 0.6) is 0 Å². The fourth-order valence-electron chi connectivity index (χ4n) is 1.64. The second-order valence-electron chi connectivity index (χ2n) is 4.22. The van der Waals surface area contributed by atoms with Crippen LogP contribution in [0.1, 0.15) is 43.1 Å². The van der Waals surface area contributed by atoms with Gasteiger partial charge in [0.15, 0.2) is 0 Å². The van der Waals surface area contributed by atoms with Crippen LogP contribution in [0.25, 0.3) is 0 Å². The zero-order valence-electron chi connectivity index (χ0n) is 12.0. The fraction of sp³-hybridized carbons (Fsp3) is 0.571. The molecule has 0 bridgehead atoms. The minimum atomic E-state index is -0.250. The van der Waals surface area contributed by atoms with Gasteiger partial charge < -0.3 is 10.1 Å². The van der Waals surface area contributed by atoms with Crippen molar-refractivity contribution in [3.05, 3.63) is 27.7 Å². The molecule has 0 saturated carbocycles. The van der Waals surface area contributed by atoms with Gasteiger partial charge in [0.25, 0.3) is 0 Å². The molecule has 1 atom stereocenters. The van der Waals surface area contributed by atoms with Crippen LogP contribution in [-0.2, 0) is 16.0 Å². The van der Waals surface area contributed by atoms with Crippen molar-refractivity contribution in [2.45, 2.75) is 39.7 Å². The molecule has 4 nitrogen and oxygen atoms in total. The van der Waals surface area contributed by atoms with E-state index in [0.29, 0.717) is 18.5 Å².